The molecule has 6 nitrogen and oxygen atoms in total. The van der Waals surface area contributed by atoms with Crippen molar-refractivity contribution >= 4 is 5.91 Å². The summed E-state index contributed by atoms with van der Waals surface area (Å²) in [5.41, 5.74) is 1.94. The zero-order valence-electron chi connectivity index (χ0n) is 19.8. The van der Waals surface area contributed by atoms with E-state index in [1.165, 1.54) is 6.07 Å². The molecule has 188 valence electrons. The number of nitrogens with zero attached hydrogens (tertiary/aromatic N) is 4. The highest BCUT2D eigenvalue weighted by Gasteiger charge is 2.42. The lowest BCUT2D eigenvalue weighted by molar-refractivity contribution is -0.137. The van der Waals surface area contributed by atoms with Gasteiger partial charge < -0.3 is 9.64 Å². The van der Waals surface area contributed by atoms with Gasteiger partial charge in [0.1, 0.15) is 0 Å². The van der Waals surface area contributed by atoms with Gasteiger partial charge in [-0.25, -0.2) is 4.68 Å². The third kappa shape index (κ3) is 4.60. The summed E-state index contributed by atoms with van der Waals surface area (Å²) < 4.78 is 47.4. The molecule has 2 saturated carbocycles. The number of rotatable bonds is 5. The van der Waals surface area contributed by atoms with E-state index in [1.807, 2.05) is 4.90 Å². The van der Waals surface area contributed by atoms with Crippen molar-refractivity contribution in [3.8, 4) is 5.69 Å². The highest BCUT2D eigenvalue weighted by molar-refractivity contribution is 5.97. The van der Waals surface area contributed by atoms with E-state index in [4.69, 9.17) is 9.84 Å². The fourth-order valence-corrected chi connectivity index (χ4v) is 5.59. The van der Waals surface area contributed by atoms with E-state index >= 15 is 0 Å². The molecule has 0 atom stereocenters. The zero-order chi connectivity index (χ0) is 24.2. The maximum Gasteiger partial charge on any atom is 0.416 e. The van der Waals surface area contributed by atoms with Crippen molar-refractivity contribution in [3.63, 3.8) is 0 Å². The molecule has 3 heterocycles. The SMILES string of the molecule is O=C(c1c(C2CC2)nn(-c2cccc(C(F)(F)F)c2)c1C1CC1)N1CCC(N2CCOCC2)CC1. The number of halogens is 3. The minimum atomic E-state index is -4.42. The molecule has 1 aromatic heterocycles. The number of hydrogen-bond donors (Lipinski definition) is 0. The van der Waals surface area contributed by atoms with Gasteiger partial charge in [0, 0.05) is 44.1 Å². The minimum Gasteiger partial charge on any atom is -0.379 e. The largest absolute Gasteiger partial charge is 0.416 e. The molecule has 0 bridgehead atoms. The van der Waals surface area contributed by atoms with E-state index in [0.717, 1.165) is 88.3 Å². The molecular weight excluding hydrogens is 457 g/mol. The number of ether oxygens (including phenoxy) is 1. The molecule has 1 aromatic carbocycles. The van der Waals surface area contributed by atoms with Gasteiger partial charge in [0.2, 0.25) is 0 Å². The van der Waals surface area contributed by atoms with Gasteiger partial charge in [-0.15, -0.1) is 0 Å². The standard InChI is InChI=1S/C26H31F3N4O2/c27-26(28,29)19-2-1-3-21(16-19)33-24(18-6-7-18)22(23(30-33)17-4-5-17)25(34)32-10-8-20(9-11-32)31-12-14-35-15-13-31/h1-3,16-18,20H,4-15H2. The summed E-state index contributed by atoms with van der Waals surface area (Å²) in [6.07, 6.45) is 1.27. The molecule has 2 saturated heterocycles. The molecule has 1 amide bonds. The van der Waals surface area contributed by atoms with Gasteiger partial charge in [-0.1, -0.05) is 6.07 Å². The third-order valence-corrected chi connectivity index (χ3v) is 7.82. The van der Waals surface area contributed by atoms with Crippen molar-refractivity contribution in [1.29, 1.82) is 0 Å². The van der Waals surface area contributed by atoms with Crippen LogP contribution < -0.4 is 0 Å². The van der Waals surface area contributed by atoms with Crippen molar-refractivity contribution in [2.24, 2.45) is 0 Å². The number of aromatic nitrogens is 2. The Morgan fingerprint density at radius 1 is 0.943 bits per heavy atom. The molecule has 9 heteroatoms. The third-order valence-electron chi connectivity index (χ3n) is 7.82. The molecule has 4 fully saturated rings. The number of piperidine rings is 1. The number of carbonyl (C=O) groups is 1. The van der Waals surface area contributed by atoms with Crippen LogP contribution in [0.1, 0.15) is 77.7 Å². The molecule has 4 aliphatic rings. The summed E-state index contributed by atoms with van der Waals surface area (Å²) in [7, 11) is 0. The summed E-state index contributed by atoms with van der Waals surface area (Å²) in [5.74, 6) is 0.409. The van der Waals surface area contributed by atoms with Gasteiger partial charge in [-0.3, -0.25) is 9.69 Å². The number of morpholine rings is 1. The lowest BCUT2D eigenvalue weighted by atomic mass is 9.99. The molecule has 0 unspecified atom stereocenters. The van der Waals surface area contributed by atoms with Crippen LogP contribution in [0, 0.1) is 0 Å². The van der Waals surface area contributed by atoms with Crippen LogP contribution in [0.15, 0.2) is 24.3 Å². The van der Waals surface area contributed by atoms with Crippen LogP contribution in [0.3, 0.4) is 0 Å². The van der Waals surface area contributed by atoms with E-state index in [2.05, 4.69) is 4.90 Å². The Morgan fingerprint density at radius 2 is 1.63 bits per heavy atom. The molecule has 6 rings (SSSR count). The Labute approximate surface area is 203 Å². The van der Waals surface area contributed by atoms with Gasteiger partial charge in [0.05, 0.1) is 41.4 Å². The molecule has 2 aromatic rings. The van der Waals surface area contributed by atoms with Crippen molar-refractivity contribution in [1.82, 2.24) is 19.6 Å². The predicted molar refractivity (Wildman–Crippen MR) is 124 cm³/mol. The maximum absolute atomic E-state index is 13.9. The van der Waals surface area contributed by atoms with Crippen LogP contribution in [0.25, 0.3) is 5.69 Å². The van der Waals surface area contributed by atoms with Gasteiger partial charge in [-0.2, -0.15) is 18.3 Å². The quantitative estimate of drug-likeness (QED) is 0.618. The molecular formula is C26H31F3N4O2. The Bertz CT molecular complexity index is 1090. The minimum absolute atomic E-state index is 0.00690. The first kappa shape index (κ1) is 23.0. The van der Waals surface area contributed by atoms with Gasteiger partial charge in [-0.05, 0) is 56.7 Å². The first-order valence-electron chi connectivity index (χ1n) is 12.8. The fraction of sp³-hybridized carbons (Fsp3) is 0.615. The number of likely N-dealkylation sites (tertiary alicyclic amines) is 1. The van der Waals surface area contributed by atoms with E-state index in [1.54, 1.807) is 10.7 Å². The Balaban J connectivity index is 1.31. The van der Waals surface area contributed by atoms with Crippen LogP contribution in [0.2, 0.25) is 0 Å². The number of amides is 1. The van der Waals surface area contributed by atoms with Gasteiger partial charge >= 0.3 is 6.18 Å². The maximum atomic E-state index is 13.9. The molecule has 0 N–H and O–H groups in total. The molecule has 35 heavy (non-hydrogen) atoms. The fourth-order valence-electron chi connectivity index (χ4n) is 5.59. The van der Waals surface area contributed by atoms with E-state index in [9.17, 15) is 18.0 Å². The average Bonchev–Trinajstić information content (AvgIpc) is 3.82. The number of carbonyl (C=O) groups excluding carboxylic acids is 1. The van der Waals surface area contributed by atoms with Crippen LogP contribution in [-0.4, -0.2) is 70.9 Å². The average molecular weight is 489 g/mol. The number of benzene rings is 1. The summed E-state index contributed by atoms with van der Waals surface area (Å²) in [6, 6.07) is 5.79. The molecule has 0 radical (unpaired) electrons. The summed E-state index contributed by atoms with van der Waals surface area (Å²) in [5, 5.41) is 4.81. The van der Waals surface area contributed by atoms with Crippen LogP contribution >= 0.6 is 0 Å². The van der Waals surface area contributed by atoms with Crippen molar-refractivity contribution in [2.45, 2.75) is 62.6 Å². The van der Waals surface area contributed by atoms with E-state index in [-0.39, 0.29) is 17.7 Å². The number of hydrogen-bond acceptors (Lipinski definition) is 4. The van der Waals surface area contributed by atoms with Crippen LogP contribution in [0.4, 0.5) is 13.2 Å². The summed E-state index contributed by atoms with van der Waals surface area (Å²) in [6.45, 7) is 4.82. The van der Waals surface area contributed by atoms with Crippen LogP contribution in [0.5, 0.6) is 0 Å². The van der Waals surface area contributed by atoms with Crippen molar-refractivity contribution in [3.05, 3.63) is 46.8 Å². The van der Waals surface area contributed by atoms with Crippen molar-refractivity contribution in [2.75, 3.05) is 39.4 Å². The summed E-state index contributed by atoms with van der Waals surface area (Å²) in [4.78, 5) is 18.3. The monoisotopic (exact) mass is 488 g/mol. The second kappa shape index (κ2) is 8.92. The topological polar surface area (TPSA) is 50.6 Å². The Kier molecular flexibility index (Phi) is 5.87. The van der Waals surface area contributed by atoms with Crippen molar-refractivity contribution < 1.29 is 22.7 Å². The van der Waals surface area contributed by atoms with Gasteiger partial charge in [0.25, 0.3) is 5.91 Å². The number of alkyl halides is 3. The lowest BCUT2D eigenvalue weighted by Gasteiger charge is -2.40. The highest BCUT2D eigenvalue weighted by atomic mass is 19.4. The second-order valence-corrected chi connectivity index (χ2v) is 10.3. The van der Waals surface area contributed by atoms with Crippen LogP contribution in [-0.2, 0) is 10.9 Å². The zero-order valence-corrected chi connectivity index (χ0v) is 19.8. The predicted octanol–water partition coefficient (Wildman–Crippen LogP) is 4.58. The molecule has 2 aliphatic carbocycles. The lowest BCUT2D eigenvalue weighted by Crippen LogP contribution is -2.50. The normalized spacial score (nSPS) is 22.5. The molecule has 2 aliphatic heterocycles. The van der Waals surface area contributed by atoms with E-state index < -0.39 is 11.7 Å². The second-order valence-electron chi connectivity index (χ2n) is 10.3. The highest BCUT2D eigenvalue weighted by Crippen LogP contribution is 2.48. The Morgan fingerprint density at radius 3 is 2.26 bits per heavy atom. The first-order chi connectivity index (χ1) is 16.9. The smallest absolute Gasteiger partial charge is 0.379 e. The summed E-state index contributed by atoms with van der Waals surface area (Å²) >= 11 is 0. The molecule has 0 spiro atoms. The van der Waals surface area contributed by atoms with Gasteiger partial charge in [0.15, 0.2) is 0 Å². The van der Waals surface area contributed by atoms with E-state index in [0.29, 0.717) is 30.4 Å². The first-order valence-corrected chi connectivity index (χ1v) is 12.8. The Hall–Kier alpha value is -2.39.